The van der Waals surface area contributed by atoms with Crippen molar-refractivity contribution < 1.29 is 4.74 Å². The molecular formula is C23H20N4O2. The first-order valence-electron chi connectivity index (χ1n) is 9.29. The summed E-state index contributed by atoms with van der Waals surface area (Å²) in [6.07, 6.45) is 3.71. The van der Waals surface area contributed by atoms with E-state index in [0.717, 1.165) is 17.0 Å². The third-order valence-corrected chi connectivity index (χ3v) is 5.15. The number of fused-ring (bicyclic) bond motifs is 1. The summed E-state index contributed by atoms with van der Waals surface area (Å²) < 4.78 is 7.29. The van der Waals surface area contributed by atoms with Gasteiger partial charge in [-0.3, -0.25) is 4.79 Å². The maximum absolute atomic E-state index is 12.5. The average Bonchev–Trinajstić information content (AvgIpc) is 3.21. The van der Waals surface area contributed by atoms with Gasteiger partial charge in [0.05, 0.1) is 17.7 Å². The van der Waals surface area contributed by atoms with Gasteiger partial charge in [-0.25, -0.2) is 4.98 Å². The third kappa shape index (κ3) is 3.44. The van der Waals surface area contributed by atoms with E-state index in [0.29, 0.717) is 28.6 Å². The molecule has 144 valence electrons. The lowest BCUT2D eigenvalue weighted by Gasteiger charge is -2.17. The van der Waals surface area contributed by atoms with Crippen molar-refractivity contribution in [3.63, 3.8) is 0 Å². The van der Waals surface area contributed by atoms with Crippen LogP contribution in [0.3, 0.4) is 0 Å². The molecule has 1 N–H and O–H groups in total. The summed E-state index contributed by atoms with van der Waals surface area (Å²) in [4.78, 5) is 19.8. The van der Waals surface area contributed by atoms with Crippen molar-refractivity contribution in [2.24, 2.45) is 0 Å². The minimum absolute atomic E-state index is 0.0949. The van der Waals surface area contributed by atoms with Crippen LogP contribution in [0.5, 0.6) is 0 Å². The van der Waals surface area contributed by atoms with Gasteiger partial charge in [0.1, 0.15) is 12.4 Å². The second kappa shape index (κ2) is 7.74. The van der Waals surface area contributed by atoms with E-state index in [9.17, 15) is 10.1 Å². The first kappa shape index (κ1) is 18.7. The number of rotatable bonds is 5. The molecule has 4 rings (SSSR count). The van der Waals surface area contributed by atoms with Gasteiger partial charge in [-0.1, -0.05) is 30.3 Å². The molecular weight excluding hydrogens is 364 g/mol. The molecule has 6 heteroatoms. The zero-order valence-electron chi connectivity index (χ0n) is 16.2. The minimum atomic E-state index is -0.199. The van der Waals surface area contributed by atoms with E-state index in [4.69, 9.17) is 4.74 Å². The number of hydrogen-bond acceptors (Lipinski definition) is 4. The number of nitriles is 1. The van der Waals surface area contributed by atoms with Crippen LogP contribution in [0.4, 0.5) is 0 Å². The molecule has 2 aromatic heterocycles. The number of aromatic nitrogens is 3. The highest BCUT2D eigenvalue weighted by Gasteiger charge is 2.13. The molecule has 0 saturated heterocycles. The molecule has 0 bridgehead atoms. The SMILES string of the molecule is COCc1nccn1C(C)c1ccc(-c2cc3c(C#N)cccc3c(=O)[nH]2)cc1. The number of H-pyrrole nitrogens is 1. The summed E-state index contributed by atoms with van der Waals surface area (Å²) in [6.45, 7) is 2.56. The molecule has 0 fully saturated rings. The molecule has 0 amide bonds. The molecule has 2 heterocycles. The van der Waals surface area contributed by atoms with Crippen LogP contribution >= 0.6 is 0 Å². The lowest BCUT2D eigenvalue weighted by molar-refractivity contribution is 0.173. The molecule has 2 aromatic carbocycles. The number of benzene rings is 2. The highest BCUT2D eigenvalue weighted by Crippen LogP contribution is 2.25. The molecule has 0 spiro atoms. The van der Waals surface area contributed by atoms with Gasteiger partial charge in [0.15, 0.2) is 0 Å². The highest BCUT2D eigenvalue weighted by atomic mass is 16.5. The Morgan fingerprint density at radius 3 is 2.72 bits per heavy atom. The number of nitrogens with one attached hydrogen (secondary N) is 1. The van der Waals surface area contributed by atoms with E-state index in [-0.39, 0.29) is 11.6 Å². The van der Waals surface area contributed by atoms with Gasteiger partial charge in [-0.05, 0) is 36.2 Å². The fraction of sp³-hybridized carbons (Fsp3) is 0.174. The van der Waals surface area contributed by atoms with Crippen LogP contribution in [-0.2, 0) is 11.3 Å². The van der Waals surface area contributed by atoms with Gasteiger partial charge in [-0.2, -0.15) is 5.26 Å². The summed E-state index contributed by atoms with van der Waals surface area (Å²) in [5.41, 5.74) is 2.98. The second-order valence-corrected chi connectivity index (χ2v) is 6.87. The Labute approximate surface area is 168 Å². The molecule has 0 aliphatic heterocycles. The summed E-state index contributed by atoms with van der Waals surface area (Å²) in [5.74, 6) is 0.868. The van der Waals surface area contributed by atoms with E-state index < -0.39 is 0 Å². The first-order chi connectivity index (χ1) is 14.1. The maximum Gasteiger partial charge on any atom is 0.256 e. The zero-order valence-corrected chi connectivity index (χ0v) is 16.2. The Morgan fingerprint density at radius 2 is 2.00 bits per heavy atom. The minimum Gasteiger partial charge on any atom is -0.377 e. The molecule has 4 aromatic rings. The molecule has 1 unspecified atom stereocenters. The van der Waals surface area contributed by atoms with Crippen molar-refractivity contribution in [1.82, 2.24) is 14.5 Å². The number of nitrogens with zero attached hydrogens (tertiary/aromatic N) is 3. The third-order valence-electron chi connectivity index (χ3n) is 5.15. The van der Waals surface area contributed by atoms with Crippen molar-refractivity contribution in [3.05, 3.63) is 88.2 Å². The number of ether oxygens (including phenoxy) is 1. The van der Waals surface area contributed by atoms with Crippen LogP contribution in [0.15, 0.2) is 65.7 Å². The van der Waals surface area contributed by atoms with E-state index in [1.165, 1.54) is 0 Å². The Kier molecular flexibility index (Phi) is 4.98. The quantitative estimate of drug-likeness (QED) is 0.563. The number of hydrogen-bond donors (Lipinski definition) is 1. The lowest BCUT2D eigenvalue weighted by atomic mass is 10.0. The first-order valence-corrected chi connectivity index (χ1v) is 9.29. The largest absolute Gasteiger partial charge is 0.377 e. The Balaban J connectivity index is 1.70. The van der Waals surface area contributed by atoms with Crippen LogP contribution < -0.4 is 5.56 Å². The molecule has 0 radical (unpaired) electrons. The average molecular weight is 384 g/mol. The fourth-order valence-corrected chi connectivity index (χ4v) is 3.58. The van der Waals surface area contributed by atoms with Gasteiger partial charge < -0.3 is 14.3 Å². The number of methoxy groups -OCH3 is 1. The molecule has 1 atom stereocenters. The van der Waals surface area contributed by atoms with Crippen molar-refractivity contribution >= 4 is 10.8 Å². The molecule has 29 heavy (non-hydrogen) atoms. The van der Waals surface area contributed by atoms with E-state index in [1.54, 1.807) is 31.5 Å². The van der Waals surface area contributed by atoms with Crippen LogP contribution in [-0.4, -0.2) is 21.6 Å². The van der Waals surface area contributed by atoms with Crippen molar-refractivity contribution in [3.8, 4) is 17.3 Å². The van der Waals surface area contributed by atoms with Crippen LogP contribution in [0.1, 0.15) is 29.9 Å². The monoisotopic (exact) mass is 384 g/mol. The predicted molar refractivity (Wildman–Crippen MR) is 111 cm³/mol. The number of pyridine rings is 1. The van der Waals surface area contributed by atoms with Crippen molar-refractivity contribution in [2.75, 3.05) is 7.11 Å². The standard InChI is InChI=1S/C23H20N4O2/c1-15(27-11-10-25-22(27)14-29-2)16-6-8-17(9-7-16)21-12-20-18(13-24)4-3-5-19(20)23(28)26-21/h3-12,15H,14H2,1-2H3,(H,26,28). The van der Waals surface area contributed by atoms with E-state index >= 15 is 0 Å². The molecule has 0 aliphatic rings. The lowest BCUT2D eigenvalue weighted by Crippen LogP contribution is -2.11. The second-order valence-electron chi connectivity index (χ2n) is 6.87. The van der Waals surface area contributed by atoms with Crippen LogP contribution in [0.25, 0.3) is 22.0 Å². The molecule has 0 saturated carbocycles. The number of aromatic amines is 1. The fourth-order valence-electron chi connectivity index (χ4n) is 3.58. The number of imidazole rings is 1. The highest BCUT2D eigenvalue weighted by molar-refractivity contribution is 5.89. The van der Waals surface area contributed by atoms with Gasteiger partial charge in [0, 0.05) is 36.0 Å². The summed E-state index contributed by atoms with van der Waals surface area (Å²) in [5, 5.41) is 10.5. The van der Waals surface area contributed by atoms with Gasteiger partial charge in [-0.15, -0.1) is 0 Å². The Morgan fingerprint density at radius 1 is 1.21 bits per heavy atom. The normalized spacial score (nSPS) is 12.0. The van der Waals surface area contributed by atoms with Crippen molar-refractivity contribution in [2.45, 2.75) is 19.6 Å². The van der Waals surface area contributed by atoms with Crippen LogP contribution in [0.2, 0.25) is 0 Å². The Bertz CT molecular complexity index is 1260. The zero-order chi connectivity index (χ0) is 20.4. The predicted octanol–water partition coefficient (Wildman–Crippen LogP) is 4.02. The van der Waals surface area contributed by atoms with Crippen LogP contribution in [0, 0.1) is 11.3 Å². The van der Waals surface area contributed by atoms with E-state index in [1.807, 2.05) is 36.5 Å². The topological polar surface area (TPSA) is 83.7 Å². The molecule has 0 aliphatic carbocycles. The summed E-state index contributed by atoms with van der Waals surface area (Å²) in [6, 6.07) is 17.3. The van der Waals surface area contributed by atoms with Gasteiger partial charge in [0.2, 0.25) is 0 Å². The van der Waals surface area contributed by atoms with Gasteiger partial charge in [0.25, 0.3) is 5.56 Å². The summed E-state index contributed by atoms with van der Waals surface area (Å²) >= 11 is 0. The smallest absolute Gasteiger partial charge is 0.256 e. The Hall–Kier alpha value is -3.69. The molecule has 6 nitrogen and oxygen atoms in total. The van der Waals surface area contributed by atoms with E-state index in [2.05, 4.69) is 27.5 Å². The van der Waals surface area contributed by atoms with Crippen molar-refractivity contribution in [1.29, 1.82) is 5.26 Å². The maximum atomic E-state index is 12.5. The van der Waals surface area contributed by atoms with Gasteiger partial charge >= 0.3 is 0 Å². The summed E-state index contributed by atoms with van der Waals surface area (Å²) in [7, 11) is 1.65.